The van der Waals surface area contributed by atoms with Gasteiger partial charge in [0.1, 0.15) is 0 Å². The van der Waals surface area contributed by atoms with Gasteiger partial charge in [0, 0.05) is 11.8 Å². The van der Waals surface area contributed by atoms with Crippen LogP contribution in [0.1, 0.15) is 92.9 Å². The Kier molecular flexibility index (Phi) is 22.7. The average molecular weight is 433 g/mol. The Bertz CT molecular complexity index is 351. The molecule has 30 heavy (non-hydrogen) atoms. The van der Waals surface area contributed by atoms with E-state index in [1.54, 1.807) is 0 Å². The van der Waals surface area contributed by atoms with Crippen molar-refractivity contribution in [3.8, 4) is 0 Å². The first-order valence-corrected chi connectivity index (χ1v) is 12.4. The molecule has 0 aromatic rings. The Morgan fingerprint density at radius 3 is 1.10 bits per heavy atom. The highest BCUT2D eigenvalue weighted by molar-refractivity contribution is 5.47. The van der Waals surface area contributed by atoms with Gasteiger partial charge in [-0.25, -0.2) is 0 Å². The summed E-state index contributed by atoms with van der Waals surface area (Å²) in [7, 11) is 9.37. The second-order valence-electron chi connectivity index (χ2n) is 9.95. The summed E-state index contributed by atoms with van der Waals surface area (Å²) in [6, 6.07) is 0. The average Bonchev–Trinajstić information content (AvgIpc) is 2.68. The Morgan fingerprint density at radius 1 is 0.667 bits per heavy atom. The lowest BCUT2D eigenvalue weighted by molar-refractivity contribution is -0.892. The largest absolute Gasteiger partial charge is 0.652 e. The van der Waals surface area contributed by atoms with E-state index in [4.69, 9.17) is 15.0 Å². The highest BCUT2D eigenvalue weighted by atomic mass is 16.6. The molecule has 0 saturated heterocycles. The smallest absolute Gasteiger partial charge is 0.0810 e. The van der Waals surface area contributed by atoms with Gasteiger partial charge in [0.2, 0.25) is 0 Å². The van der Waals surface area contributed by atoms with Crippen molar-refractivity contribution in [2.45, 2.75) is 92.9 Å². The van der Waals surface area contributed by atoms with Crippen molar-refractivity contribution in [3.63, 3.8) is 0 Å². The fourth-order valence-electron chi connectivity index (χ4n) is 3.49. The number of unbranched alkanes of at least 4 members (excludes halogenated alkanes) is 2. The summed E-state index contributed by atoms with van der Waals surface area (Å²) in [6.45, 7) is 19.0. The van der Waals surface area contributed by atoms with Crippen LogP contribution in [0.2, 0.25) is 0 Å². The predicted molar refractivity (Wildman–Crippen MR) is 127 cm³/mol. The molecule has 0 radical (unpaired) electrons. The minimum absolute atomic E-state index is 0.940. The zero-order chi connectivity index (χ0) is 24.2. The van der Waals surface area contributed by atoms with E-state index in [1.165, 1.54) is 86.5 Å². The van der Waals surface area contributed by atoms with Crippen LogP contribution in [0.25, 0.3) is 0 Å². The molecule has 0 aliphatic heterocycles. The van der Waals surface area contributed by atoms with Gasteiger partial charge in [-0.1, -0.05) is 53.4 Å². The number of hydrogen-bond acceptors (Lipinski definition) is 3. The molecule has 0 saturated carbocycles. The molecule has 2 atom stereocenters. The molecule has 0 aliphatic carbocycles. The van der Waals surface area contributed by atoms with Gasteiger partial charge in [0.05, 0.1) is 54.4 Å². The number of carbonyl (C=O) groups excluding carboxylic acids is 1. The SMILES string of the molecule is CCCCC(CC)C[N+](C)(C)CC.CCCCC(CC)C[N+](C)(C)CC.O=C([O-])[O-]. The monoisotopic (exact) mass is 432 g/mol. The zero-order valence-electron chi connectivity index (χ0n) is 22.3. The van der Waals surface area contributed by atoms with Crippen LogP contribution in [0.5, 0.6) is 0 Å². The molecule has 5 heteroatoms. The summed E-state index contributed by atoms with van der Waals surface area (Å²) >= 11 is 0. The normalized spacial score (nSPS) is 13.4. The van der Waals surface area contributed by atoms with E-state index in [-0.39, 0.29) is 0 Å². The third-order valence-electron chi connectivity index (χ3n) is 6.30. The standard InChI is InChI=1S/2C12H28N.CH2O3/c2*1-6-9-10-12(7-2)11-13(4,5)8-3;2-1(3)4/h2*12H,6-11H2,1-5H3;(H2,2,3,4)/q2*+1;/p-2. The van der Waals surface area contributed by atoms with E-state index in [0.717, 1.165) is 11.8 Å². The molecule has 0 N–H and O–H groups in total. The molecule has 0 aromatic heterocycles. The third kappa shape index (κ3) is 25.2. The number of rotatable bonds is 14. The van der Waals surface area contributed by atoms with Crippen LogP contribution in [0, 0.1) is 11.8 Å². The minimum Gasteiger partial charge on any atom is -0.652 e. The molecule has 2 unspecified atom stereocenters. The van der Waals surface area contributed by atoms with E-state index in [2.05, 4.69) is 69.7 Å². The van der Waals surface area contributed by atoms with Gasteiger partial charge in [-0.2, -0.15) is 0 Å². The van der Waals surface area contributed by atoms with Crippen molar-refractivity contribution in [2.24, 2.45) is 11.8 Å². The fourth-order valence-corrected chi connectivity index (χ4v) is 3.49. The van der Waals surface area contributed by atoms with Crippen LogP contribution in [-0.4, -0.2) is 69.5 Å². The van der Waals surface area contributed by atoms with Crippen molar-refractivity contribution in [3.05, 3.63) is 0 Å². The van der Waals surface area contributed by atoms with Crippen LogP contribution in [0.4, 0.5) is 4.79 Å². The topological polar surface area (TPSA) is 63.2 Å². The first kappa shape index (κ1) is 33.8. The zero-order valence-corrected chi connectivity index (χ0v) is 22.3. The summed E-state index contributed by atoms with van der Waals surface area (Å²) < 4.78 is 2.37. The minimum atomic E-state index is -2.33. The summed E-state index contributed by atoms with van der Waals surface area (Å²) in [5.74, 6) is 1.88. The highest BCUT2D eigenvalue weighted by Crippen LogP contribution is 2.17. The lowest BCUT2D eigenvalue weighted by Crippen LogP contribution is -2.43. The van der Waals surface area contributed by atoms with Crippen molar-refractivity contribution < 1.29 is 24.0 Å². The van der Waals surface area contributed by atoms with Gasteiger partial charge < -0.3 is 24.0 Å². The molecule has 184 valence electrons. The van der Waals surface area contributed by atoms with Crippen molar-refractivity contribution in [1.29, 1.82) is 0 Å². The summed E-state index contributed by atoms with van der Waals surface area (Å²) in [5.41, 5.74) is 0. The lowest BCUT2D eigenvalue weighted by atomic mass is 9.98. The van der Waals surface area contributed by atoms with Gasteiger partial charge >= 0.3 is 0 Å². The Balaban J connectivity index is -0.000000412. The Morgan fingerprint density at radius 2 is 0.933 bits per heavy atom. The highest BCUT2D eigenvalue weighted by Gasteiger charge is 2.19. The number of carbonyl (C=O) groups is 1. The quantitative estimate of drug-likeness (QED) is 0.387. The van der Waals surface area contributed by atoms with Crippen LogP contribution in [0.15, 0.2) is 0 Å². The van der Waals surface area contributed by atoms with E-state index >= 15 is 0 Å². The third-order valence-corrected chi connectivity index (χ3v) is 6.30. The summed E-state index contributed by atoms with van der Waals surface area (Å²) in [5, 5.41) is 16.7. The van der Waals surface area contributed by atoms with Crippen molar-refractivity contribution in [1.82, 2.24) is 0 Å². The maximum absolute atomic E-state index is 8.33. The molecule has 0 rings (SSSR count). The number of carboxylic acid groups (broad SMARTS) is 2. The Labute approximate surface area is 189 Å². The number of quaternary nitrogens is 2. The van der Waals surface area contributed by atoms with Gasteiger partial charge in [-0.05, 0) is 45.7 Å². The number of nitrogens with zero attached hydrogens (tertiary/aromatic N) is 2. The predicted octanol–water partition coefficient (Wildman–Crippen LogP) is 4.15. The first-order valence-electron chi connectivity index (χ1n) is 12.4. The molecule has 0 amide bonds. The molecule has 0 aliphatic rings. The van der Waals surface area contributed by atoms with E-state index in [9.17, 15) is 0 Å². The molecule has 0 fully saturated rings. The van der Waals surface area contributed by atoms with E-state index in [1.807, 2.05) is 0 Å². The lowest BCUT2D eigenvalue weighted by Gasteiger charge is -2.32. The summed E-state index contributed by atoms with van der Waals surface area (Å²) in [4.78, 5) is 8.33. The molecule has 0 bridgehead atoms. The second kappa shape index (κ2) is 20.1. The van der Waals surface area contributed by atoms with Gasteiger partial charge in [-0.3, -0.25) is 0 Å². The molecule has 0 heterocycles. The van der Waals surface area contributed by atoms with Crippen molar-refractivity contribution in [2.75, 3.05) is 54.4 Å². The maximum atomic E-state index is 8.33. The van der Waals surface area contributed by atoms with Gasteiger partial charge in [-0.15, -0.1) is 0 Å². The molecule has 0 aromatic carbocycles. The second-order valence-corrected chi connectivity index (χ2v) is 9.95. The first-order chi connectivity index (χ1) is 13.8. The van der Waals surface area contributed by atoms with Crippen molar-refractivity contribution >= 4 is 6.16 Å². The molecular formula is C25H56N2O3. The molecule has 5 nitrogen and oxygen atoms in total. The fraction of sp³-hybridized carbons (Fsp3) is 0.960. The maximum Gasteiger partial charge on any atom is 0.0810 e. The van der Waals surface area contributed by atoms with Gasteiger partial charge in [0.15, 0.2) is 0 Å². The summed E-state index contributed by atoms with van der Waals surface area (Å²) in [6.07, 6.45) is 8.71. The Hall–Kier alpha value is -0.810. The van der Waals surface area contributed by atoms with E-state index < -0.39 is 6.16 Å². The van der Waals surface area contributed by atoms with Crippen LogP contribution in [-0.2, 0) is 0 Å². The molecule has 0 spiro atoms. The van der Waals surface area contributed by atoms with Gasteiger partial charge in [0.25, 0.3) is 0 Å². The van der Waals surface area contributed by atoms with Crippen LogP contribution < -0.4 is 10.2 Å². The van der Waals surface area contributed by atoms with E-state index in [0.29, 0.717) is 0 Å². The number of hydrogen-bond donors (Lipinski definition) is 0. The van der Waals surface area contributed by atoms with Crippen LogP contribution >= 0.6 is 0 Å². The molecular weight excluding hydrogens is 376 g/mol. The van der Waals surface area contributed by atoms with Crippen LogP contribution in [0.3, 0.4) is 0 Å².